The van der Waals surface area contributed by atoms with Crippen LogP contribution in [0.2, 0.25) is 0 Å². The van der Waals surface area contributed by atoms with E-state index in [1.165, 1.54) is 24.3 Å². The normalized spacial score (nSPS) is 27.7. The van der Waals surface area contributed by atoms with Crippen LogP contribution in [0.15, 0.2) is 35.2 Å². The fourth-order valence-electron chi connectivity index (χ4n) is 1.69. The van der Waals surface area contributed by atoms with Crippen molar-refractivity contribution in [2.45, 2.75) is 27.6 Å². The second-order valence-electron chi connectivity index (χ2n) is 4.51. The second kappa shape index (κ2) is 6.57. The molecule has 0 N–H and O–H groups in total. The third-order valence-electron chi connectivity index (χ3n) is 2.63. The van der Waals surface area contributed by atoms with E-state index in [4.69, 9.17) is 48.0 Å². The molecule has 0 amide bonds. The van der Waals surface area contributed by atoms with Crippen LogP contribution in [-0.4, -0.2) is 30.8 Å². The van der Waals surface area contributed by atoms with E-state index in [0.29, 0.717) is 0 Å². The van der Waals surface area contributed by atoms with Gasteiger partial charge in [0.15, 0.2) is 0 Å². The van der Waals surface area contributed by atoms with E-state index in [9.17, 15) is 13.0 Å². The summed E-state index contributed by atoms with van der Waals surface area (Å²) in [5.41, 5.74) is 0. The van der Waals surface area contributed by atoms with Crippen molar-refractivity contribution in [3.63, 3.8) is 0 Å². The minimum Gasteiger partial charge on any atom is -0.304 e. The van der Waals surface area contributed by atoms with Crippen LogP contribution in [0.4, 0.5) is 0 Å². The first-order valence-electron chi connectivity index (χ1n) is 6.02. The molecular formula is C11H12Cl3O6PS. The summed E-state index contributed by atoms with van der Waals surface area (Å²) < 4.78 is 49.7. The van der Waals surface area contributed by atoms with Crippen molar-refractivity contribution >= 4 is 52.5 Å². The Balaban J connectivity index is 2.35. The predicted molar refractivity (Wildman–Crippen MR) is 82.9 cm³/mol. The molecule has 11 heteroatoms. The maximum absolute atomic E-state index is 12.6. The Morgan fingerprint density at radius 2 is 1.91 bits per heavy atom. The van der Waals surface area contributed by atoms with E-state index in [-0.39, 0.29) is 11.5 Å². The standard InChI is InChI=1S/C11H12Cl3O6PS/c1-8-7-18-21(15,19-8)10(11(12,13)14)20-22(16,17)9-5-3-2-4-6-9/h2-6,8,10H,7H2,1H3/t8-,10+,21+/m1/s1. The van der Waals surface area contributed by atoms with Crippen LogP contribution in [0.25, 0.3) is 0 Å². The molecular weight excluding hydrogens is 398 g/mol. The molecule has 0 radical (unpaired) electrons. The summed E-state index contributed by atoms with van der Waals surface area (Å²) in [6.45, 7) is 1.56. The van der Waals surface area contributed by atoms with E-state index < -0.39 is 33.5 Å². The highest BCUT2D eigenvalue weighted by Crippen LogP contribution is 2.64. The third-order valence-corrected chi connectivity index (χ3v) is 7.35. The number of hydrogen-bond donors (Lipinski definition) is 0. The van der Waals surface area contributed by atoms with Gasteiger partial charge in [0.1, 0.15) is 0 Å². The van der Waals surface area contributed by atoms with E-state index in [0.717, 1.165) is 0 Å². The molecule has 1 heterocycles. The topological polar surface area (TPSA) is 78.9 Å². The molecule has 22 heavy (non-hydrogen) atoms. The number of halogens is 3. The zero-order valence-electron chi connectivity index (χ0n) is 11.2. The molecule has 124 valence electrons. The van der Waals surface area contributed by atoms with Gasteiger partial charge in [-0.05, 0) is 19.1 Å². The van der Waals surface area contributed by atoms with Gasteiger partial charge >= 0.3 is 7.60 Å². The molecule has 1 aromatic rings. The average molecular weight is 410 g/mol. The molecule has 1 saturated heterocycles. The van der Waals surface area contributed by atoms with Gasteiger partial charge in [-0.2, -0.15) is 8.42 Å². The smallest absolute Gasteiger partial charge is 0.304 e. The number of hydrogen-bond acceptors (Lipinski definition) is 6. The summed E-state index contributed by atoms with van der Waals surface area (Å²) in [6, 6.07) is 7.19. The van der Waals surface area contributed by atoms with Gasteiger partial charge in [-0.1, -0.05) is 53.0 Å². The lowest BCUT2D eigenvalue weighted by atomic mass is 10.4. The zero-order chi connectivity index (χ0) is 16.6. The molecule has 0 aromatic heterocycles. The summed E-state index contributed by atoms with van der Waals surface area (Å²) in [5.74, 6) is -1.92. The van der Waals surface area contributed by atoms with Crippen molar-refractivity contribution in [3.8, 4) is 0 Å². The minimum atomic E-state index is -4.32. The van der Waals surface area contributed by atoms with Crippen LogP contribution in [0.5, 0.6) is 0 Å². The summed E-state index contributed by atoms with van der Waals surface area (Å²) in [7, 11) is -8.39. The molecule has 2 rings (SSSR count). The third kappa shape index (κ3) is 4.16. The fourth-order valence-corrected chi connectivity index (χ4v) is 6.45. The monoisotopic (exact) mass is 408 g/mol. The Kier molecular flexibility index (Phi) is 5.52. The van der Waals surface area contributed by atoms with Crippen LogP contribution in [0.1, 0.15) is 6.92 Å². The van der Waals surface area contributed by atoms with Crippen molar-refractivity contribution in [1.82, 2.24) is 0 Å². The van der Waals surface area contributed by atoms with Crippen molar-refractivity contribution < 1.29 is 26.2 Å². The SMILES string of the molecule is C[C@@H]1CO[P@@](=O)([C@H](OS(=O)(=O)c2ccccc2)C(Cl)(Cl)Cl)O1. The Bertz CT molecular complexity index is 675. The van der Waals surface area contributed by atoms with Crippen LogP contribution in [-0.2, 0) is 27.9 Å². The molecule has 0 bridgehead atoms. The Labute approximate surface area is 143 Å². The van der Waals surface area contributed by atoms with Gasteiger partial charge in [0.25, 0.3) is 10.1 Å². The molecule has 1 aliphatic rings. The predicted octanol–water partition coefficient (Wildman–Crippen LogP) is 3.72. The molecule has 0 spiro atoms. The van der Waals surface area contributed by atoms with Crippen LogP contribution in [0.3, 0.4) is 0 Å². The highest BCUT2D eigenvalue weighted by molar-refractivity contribution is 7.87. The number of alkyl halides is 3. The number of rotatable bonds is 4. The van der Waals surface area contributed by atoms with Crippen molar-refractivity contribution in [2.75, 3.05) is 6.61 Å². The second-order valence-corrected chi connectivity index (χ2v) is 10.5. The molecule has 3 atom stereocenters. The highest BCUT2D eigenvalue weighted by Gasteiger charge is 2.55. The quantitative estimate of drug-likeness (QED) is 0.428. The van der Waals surface area contributed by atoms with Crippen molar-refractivity contribution in [3.05, 3.63) is 30.3 Å². The Morgan fingerprint density at radius 1 is 1.32 bits per heavy atom. The maximum Gasteiger partial charge on any atom is 0.365 e. The maximum atomic E-state index is 12.6. The highest BCUT2D eigenvalue weighted by atomic mass is 35.6. The van der Waals surface area contributed by atoms with Gasteiger partial charge in [-0.25, -0.2) is 4.18 Å². The van der Waals surface area contributed by atoms with E-state index >= 15 is 0 Å². The zero-order valence-corrected chi connectivity index (χ0v) is 15.2. The first-order valence-corrected chi connectivity index (χ1v) is 10.2. The first kappa shape index (κ1) is 18.5. The first-order chi connectivity index (χ1) is 10.0. The van der Waals surface area contributed by atoms with Crippen LogP contribution < -0.4 is 0 Å². The molecule has 0 aliphatic carbocycles. The average Bonchev–Trinajstić information content (AvgIpc) is 2.76. The van der Waals surface area contributed by atoms with Crippen LogP contribution >= 0.6 is 42.4 Å². The van der Waals surface area contributed by atoms with Gasteiger partial charge in [0.05, 0.1) is 17.6 Å². The number of benzene rings is 1. The van der Waals surface area contributed by atoms with Crippen molar-refractivity contribution in [2.24, 2.45) is 0 Å². The molecule has 1 aromatic carbocycles. The Hall–Kier alpha value is 0.150. The van der Waals surface area contributed by atoms with E-state index in [1.807, 2.05) is 0 Å². The molecule has 6 nitrogen and oxygen atoms in total. The lowest BCUT2D eigenvalue weighted by Crippen LogP contribution is -2.31. The lowest BCUT2D eigenvalue weighted by molar-refractivity contribution is 0.213. The summed E-state index contributed by atoms with van der Waals surface area (Å²) in [5, 5.41) is 0. The van der Waals surface area contributed by atoms with Gasteiger partial charge in [-0.15, -0.1) is 0 Å². The van der Waals surface area contributed by atoms with Crippen molar-refractivity contribution in [1.29, 1.82) is 0 Å². The van der Waals surface area contributed by atoms with E-state index in [1.54, 1.807) is 13.0 Å². The van der Waals surface area contributed by atoms with Gasteiger partial charge in [-0.3, -0.25) is 4.57 Å². The van der Waals surface area contributed by atoms with Gasteiger partial charge < -0.3 is 9.05 Å². The molecule has 1 aliphatic heterocycles. The Morgan fingerprint density at radius 3 is 2.36 bits per heavy atom. The fraction of sp³-hybridized carbons (Fsp3) is 0.455. The van der Waals surface area contributed by atoms with Gasteiger partial charge in [0.2, 0.25) is 9.64 Å². The largest absolute Gasteiger partial charge is 0.365 e. The minimum absolute atomic E-state index is 0.0245. The van der Waals surface area contributed by atoms with E-state index in [2.05, 4.69) is 0 Å². The lowest BCUT2D eigenvalue weighted by Gasteiger charge is -2.27. The summed E-state index contributed by atoms with van der Waals surface area (Å²) >= 11 is 17.2. The van der Waals surface area contributed by atoms with Crippen LogP contribution in [0, 0.1) is 0 Å². The summed E-state index contributed by atoms with van der Waals surface area (Å²) in [4.78, 5) is -0.173. The summed E-state index contributed by atoms with van der Waals surface area (Å²) in [6.07, 6.45) is -0.538. The molecule has 0 unspecified atom stereocenters. The van der Waals surface area contributed by atoms with Gasteiger partial charge in [0, 0.05) is 0 Å². The molecule has 0 saturated carbocycles. The molecule has 1 fully saturated rings.